The molecule has 1 aromatic carbocycles. The summed E-state index contributed by atoms with van der Waals surface area (Å²) in [6.07, 6.45) is 1.61. The zero-order valence-electron chi connectivity index (χ0n) is 17.9. The van der Waals surface area contributed by atoms with Gasteiger partial charge in [-0.05, 0) is 37.2 Å². The average Bonchev–Trinajstić information content (AvgIpc) is 3.02. The van der Waals surface area contributed by atoms with Crippen LogP contribution in [0, 0.1) is 21.4 Å². The van der Waals surface area contributed by atoms with Gasteiger partial charge in [0.2, 0.25) is 6.04 Å². The standard InChI is InChI=1S/C22H30N2O6/c1-5-29-20(25)19-16(22(2,3)4)18(24(27)28)17(14-10-7-6-8-11-14)23(19)21(26)30-15-12-9-13-15/h6-8,10-11,15-19H,5,9,12-13H2,1-4H3. The molecule has 0 N–H and O–H groups in total. The fraction of sp³-hybridized carbons (Fsp3) is 0.636. The van der Waals surface area contributed by atoms with Crippen LogP contribution in [-0.2, 0) is 14.3 Å². The van der Waals surface area contributed by atoms with E-state index in [0.717, 1.165) is 19.3 Å². The molecule has 3 rings (SSSR count). The number of nitro groups is 1. The van der Waals surface area contributed by atoms with E-state index in [1.807, 2.05) is 20.8 Å². The van der Waals surface area contributed by atoms with E-state index in [-0.39, 0.29) is 17.6 Å². The summed E-state index contributed by atoms with van der Waals surface area (Å²) in [6, 6.07) is 5.65. The number of amides is 1. The van der Waals surface area contributed by atoms with Crippen LogP contribution in [0.5, 0.6) is 0 Å². The average molecular weight is 418 g/mol. The van der Waals surface area contributed by atoms with Gasteiger partial charge in [0.1, 0.15) is 18.2 Å². The Morgan fingerprint density at radius 1 is 1.20 bits per heavy atom. The molecule has 4 atom stereocenters. The molecule has 1 aliphatic heterocycles. The molecule has 0 spiro atoms. The Kier molecular flexibility index (Phi) is 6.33. The monoisotopic (exact) mass is 418 g/mol. The highest BCUT2D eigenvalue weighted by Gasteiger charge is 2.64. The third kappa shape index (κ3) is 4.13. The number of rotatable bonds is 5. The smallest absolute Gasteiger partial charge is 0.411 e. The van der Waals surface area contributed by atoms with Crippen LogP contribution < -0.4 is 0 Å². The minimum Gasteiger partial charge on any atom is -0.464 e. The zero-order chi connectivity index (χ0) is 22.1. The van der Waals surface area contributed by atoms with E-state index >= 15 is 0 Å². The van der Waals surface area contributed by atoms with Gasteiger partial charge in [0.05, 0.1) is 12.5 Å². The van der Waals surface area contributed by atoms with E-state index < -0.39 is 41.5 Å². The normalized spacial score (nSPS) is 26.7. The summed E-state index contributed by atoms with van der Waals surface area (Å²) < 4.78 is 10.9. The van der Waals surface area contributed by atoms with E-state index in [1.54, 1.807) is 37.3 Å². The second-order valence-electron chi connectivity index (χ2n) is 9.06. The molecule has 2 aliphatic rings. The number of likely N-dealkylation sites (tertiary alicyclic amines) is 1. The molecule has 30 heavy (non-hydrogen) atoms. The fourth-order valence-corrected chi connectivity index (χ4v) is 4.54. The van der Waals surface area contributed by atoms with Gasteiger partial charge in [-0.1, -0.05) is 51.1 Å². The van der Waals surface area contributed by atoms with Gasteiger partial charge in [0.25, 0.3) is 0 Å². The lowest BCUT2D eigenvalue weighted by Gasteiger charge is -2.34. The zero-order valence-corrected chi connectivity index (χ0v) is 17.9. The van der Waals surface area contributed by atoms with Crippen molar-refractivity contribution in [3.05, 3.63) is 46.0 Å². The van der Waals surface area contributed by atoms with Crippen LogP contribution in [0.1, 0.15) is 58.6 Å². The Morgan fingerprint density at radius 2 is 1.83 bits per heavy atom. The quantitative estimate of drug-likeness (QED) is 0.408. The van der Waals surface area contributed by atoms with Crippen molar-refractivity contribution in [1.29, 1.82) is 0 Å². The molecule has 1 aliphatic carbocycles. The Morgan fingerprint density at radius 3 is 2.30 bits per heavy atom. The van der Waals surface area contributed by atoms with Crippen LogP contribution in [0.25, 0.3) is 0 Å². The van der Waals surface area contributed by atoms with Crippen LogP contribution in [-0.4, -0.2) is 46.7 Å². The summed E-state index contributed by atoms with van der Waals surface area (Å²) in [6.45, 7) is 7.35. The van der Waals surface area contributed by atoms with E-state index in [0.29, 0.717) is 5.56 Å². The first-order valence-corrected chi connectivity index (χ1v) is 10.5. The summed E-state index contributed by atoms with van der Waals surface area (Å²) >= 11 is 0. The molecule has 1 saturated carbocycles. The van der Waals surface area contributed by atoms with Crippen molar-refractivity contribution in [3.63, 3.8) is 0 Å². The van der Waals surface area contributed by atoms with Crippen LogP contribution in [0.15, 0.2) is 30.3 Å². The molecule has 0 aromatic heterocycles. The number of ether oxygens (including phenoxy) is 2. The van der Waals surface area contributed by atoms with Crippen LogP contribution in [0.2, 0.25) is 0 Å². The molecule has 1 aromatic rings. The molecule has 2 fully saturated rings. The maximum atomic E-state index is 13.3. The number of esters is 1. The Balaban J connectivity index is 2.14. The van der Waals surface area contributed by atoms with Gasteiger partial charge in [-0.2, -0.15) is 0 Å². The lowest BCUT2D eigenvalue weighted by Crippen LogP contribution is -2.49. The highest BCUT2D eigenvalue weighted by atomic mass is 16.6. The summed E-state index contributed by atoms with van der Waals surface area (Å²) in [7, 11) is 0. The minimum atomic E-state index is -1.17. The van der Waals surface area contributed by atoms with Crippen molar-refractivity contribution in [2.24, 2.45) is 11.3 Å². The van der Waals surface area contributed by atoms with Gasteiger partial charge in [-0.3, -0.25) is 15.0 Å². The van der Waals surface area contributed by atoms with Crippen molar-refractivity contribution < 1.29 is 24.0 Å². The molecule has 164 valence electrons. The second kappa shape index (κ2) is 8.62. The summed E-state index contributed by atoms with van der Waals surface area (Å²) in [4.78, 5) is 39.5. The maximum absolute atomic E-state index is 13.3. The highest BCUT2D eigenvalue weighted by Crippen LogP contribution is 2.49. The topological polar surface area (TPSA) is 99.0 Å². The van der Waals surface area contributed by atoms with Crippen molar-refractivity contribution in [2.45, 2.75) is 71.2 Å². The first kappa shape index (κ1) is 22.1. The van der Waals surface area contributed by atoms with Crippen LogP contribution in [0.3, 0.4) is 0 Å². The Bertz CT molecular complexity index is 787. The van der Waals surface area contributed by atoms with Gasteiger partial charge in [0, 0.05) is 4.92 Å². The molecule has 8 nitrogen and oxygen atoms in total. The first-order chi connectivity index (χ1) is 14.2. The van der Waals surface area contributed by atoms with Gasteiger partial charge in [0.15, 0.2) is 0 Å². The van der Waals surface area contributed by atoms with Crippen molar-refractivity contribution in [2.75, 3.05) is 6.61 Å². The number of benzene rings is 1. The molecular formula is C22H30N2O6. The number of carbonyl (C=O) groups is 2. The van der Waals surface area contributed by atoms with E-state index in [2.05, 4.69) is 0 Å². The third-order valence-electron chi connectivity index (χ3n) is 6.07. The SMILES string of the molecule is CCOC(=O)C1C(C(C)(C)C)C([N+](=O)[O-])C(c2ccccc2)N1C(=O)OC1CCC1. The van der Waals surface area contributed by atoms with Gasteiger partial charge in [-0.25, -0.2) is 9.59 Å². The maximum Gasteiger partial charge on any atom is 0.411 e. The molecule has 8 heteroatoms. The number of hydrogen-bond acceptors (Lipinski definition) is 6. The van der Waals surface area contributed by atoms with Crippen molar-refractivity contribution >= 4 is 12.1 Å². The minimum absolute atomic E-state index is 0.122. The number of carbonyl (C=O) groups excluding carboxylic acids is 2. The molecule has 0 radical (unpaired) electrons. The van der Waals surface area contributed by atoms with Crippen LogP contribution >= 0.6 is 0 Å². The van der Waals surface area contributed by atoms with E-state index in [9.17, 15) is 19.7 Å². The molecule has 1 saturated heterocycles. The predicted octanol–water partition coefficient (Wildman–Crippen LogP) is 3.97. The molecule has 4 unspecified atom stereocenters. The summed E-state index contributed by atoms with van der Waals surface area (Å²) in [5.74, 6) is -1.38. The van der Waals surface area contributed by atoms with Gasteiger partial charge >= 0.3 is 12.1 Å². The van der Waals surface area contributed by atoms with Gasteiger partial charge < -0.3 is 9.47 Å². The molecular weight excluding hydrogens is 388 g/mol. The Hall–Kier alpha value is -2.64. The van der Waals surface area contributed by atoms with E-state index in [4.69, 9.17) is 9.47 Å². The highest BCUT2D eigenvalue weighted by molar-refractivity contribution is 5.83. The second-order valence-corrected chi connectivity index (χ2v) is 9.06. The largest absolute Gasteiger partial charge is 0.464 e. The number of nitrogens with zero attached hydrogens (tertiary/aromatic N) is 2. The van der Waals surface area contributed by atoms with Crippen molar-refractivity contribution in [3.8, 4) is 0 Å². The third-order valence-corrected chi connectivity index (χ3v) is 6.07. The molecule has 0 bridgehead atoms. The van der Waals surface area contributed by atoms with Crippen molar-refractivity contribution in [1.82, 2.24) is 4.90 Å². The molecule has 1 heterocycles. The first-order valence-electron chi connectivity index (χ1n) is 10.5. The fourth-order valence-electron chi connectivity index (χ4n) is 4.54. The predicted molar refractivity (Wildman–Crippen MR) is 109 cm³/mol. The molecule has 1 amide bonds. The summed E-state index contributed by atoms with van der Waals surface area (Å²) in [5, 5.41) is 12.3. The number of hydrogen-bond donors (Lipinski definition) is 0. The van der Waals surface area contributed by atoms with E-state index in [1.165, 1.54) is 4.90 Å². The lowest BCUT2D eigenvalue weighted by molar-refractivity contribution is -0.536. The summed E-state index contributed by atoms with van der Waals surface area (Å²) in [5.41, 5.74) is -0.0287. The van der Waals surface area contributed by atoms with Gasteiger partial charge in [-0.15, -0.1) is 0 Å². The van der Waals surface area contributed by atoms with Crippen LogP contribution in [0.4, 0.5) is 4.79 Å². The lowest BCUT2D eigenvalue weighted by atomic mass is 9.73. The Labute approximate surface area is 176 Å².